The van der Waals surface area contributed by atoms with E-state index in [0.29, 0.717) is 0 Å². The molecule has 2 unspecified atom stereocenters. The van der Waals surface area contributed by atoms with Gasteiger partial charge in [0.2, 0.25) is 0 Å². The summed E-state index contributed by atoms with van der Waals surface area (Å²) in [6.07, 6.45) is 1.41. The van der Waals surface area contributed by atoms with E-state index in [9.17, 15) is 0 Å². The van der Waals surface area contributed by atoms with Crippen LogP contribution in [0.5, 0.6) is 0 Å². The van der Waals surface area contributed by atoms with Crippen molar-refractivity contribution < 1.29 is 4.74 Å². The van der Waals surface area contributed by atoms with E-state index in [1.807, 2.05) is 0 Å². The Labute approximate surface area is 44.7 Å². The average Bonchev–Trinajstić information content (AvgIpc) is 1.87. The predicted molar refractivity (Wildman–Crippen MR) is 28.9 cm³/mol. The van der Waals surface area contributed by atoms with Crippen LogP contribution in [0.3, 0.4) is 0 Å². The van der Waals surface area contributed by atoms with Crippen molar-refractivity contribution in [2.24, 2.45) is 5.92 Å². The van der Waals surface area contributed by atoms with Gasteiger partial charge in [-0.1, -0.05) is 6.92 Å². The lowest BCUT2D eigenvalue weighted by molar-refractivity contribution is 0.138. The molecular weight excluding hydrogens is 88.1 g/mol. The summed E-state index contributed by atoms with van der Waals surface area (Å²) in [5, 5.41) is 0. The first kappa shape index (κ1) is 5.10. The summed E-state index contributed by atoms with van der Waals surface area (Å²) in [7, 11) is 0. The van der Waals surface area contributed by atoms with Gasteiger partial charge in [0.1, 0.15) is 0 Å². The van der Waals surface area contributed by atoms with Crippen LogP contribution in [0.4, 0.5) is 0 Å². The van der Waals surface area contributed by atoms with Crippen LogP contribution in [0.1, 0.15) is 13.3 Å². The number of hydrogen-bond donors (Lipinski definition) is 0. The lowest BCUT2D eigenvalue weighted by Crippen LogP contribution is -1.95. The molecule has 7 heavy (non-hydrogen) atoms. The molecule has 0 amide bonds. The molecule has 1 fully saturated rings. The average molecular weight is 99.2 g/mol. The minimum atomic E-state index is 0.273. The van der Waals surface area contributed by atoms with Crippen molar-refractivity contribution in [2.45, 2.75) is 19.4 Å². The topological polar surface area (TPSA) is 9.23 Å². The Bertz CT molecular complexity index is 53.2. The summed E-state index contributed by atoms with van der Waals surface area (Å²) < 4.78 is 5.15. The minimum Gasteiger partial charge on any atom is -0.378 e. The molecule has 1 rings (SSSR count). The summed E-state index contributed by atoms with van der Waals surface area (Å²) in [6.45, 7) is 6.86. The van der Waals surface area contributed by atoms with Gasteiger partial charge in [-0.2, -0.15) is 0 Å². The first-order valence-electron chi connectivity index (χ1n) is 2.73. The summed E-state index contributed by atoms with van der Waals surface area (Å²) in [5.41, 5.74) is 0. The van der Waals surface area contributed by atoms with Crippen molar-refractivity contribution in [3.05, 3.63) is 6.92 Å². The highest BCUT2D eigenvalue weighted by Crippen LogP contribution is 2.16. The van der Waals surface area contributed by atoms with E-state index in [1.165, 1.54) is 0 Å². The normalized spacial score (nSPS) is 42.0. The van der Waals surface area contributed by atoms with Gasteiger partial charge in [0.05, 0.1) is 6.10 Å². The first-order chi connectivity index (χ1) is 3.29. The molecule has 0 aromatic heterocycles. The second-order valence-electron chi connectivity index (χ2n) is 2.30. The Balaban J connectivity index is 2.26. The van der Waals surface area contributed by atoms with E-state index in [4.69, 9.17) is 4.74 Å². The highest BCUT2D eigenvalue weighted by molar-refractivity contribution is 4.70. The van der Waals surface area contributed by atoms with Crippen molar-refractivity contribution in [3.63, 3.8) is 0 Å². The summed E-state index contributed by atoms with van der Waals surface area (Å²) >= 11 is 0. The molecule has 0 bridgehead atoms. The van der Waals surface area contributed by atoms with Crippen LogP contribution in [0.2, 0.25) is 0 Å². The monoisotopic (exact) mass is 99.1 g/mol. The van der Waals surface area contributed by atoms with E-state index in [1.54, 1.807) is 0 Å². The van der Waals surface area contributed by atoms with Crippen LogP contribution in [0, 0.1) is 12.8 Å². The van der Waals surface area contributed by atoms with Crippen molar-refractivity contribution in [3.8, 4) is 0 Å². The molecule has 0 aromatic rings. The zero-order valence-corrected chi connectivity index (χ0v) is 4.68. The Kier molecular flexibility index (Phi) is 1.33. The fraction of sp³-hybridized carbons (Fsp3) is 0.833. The quantitative estimate of drug-likeness (QED) is 0.444. The molecule has 1 aliphatic heterocycles. The van der Waals surface area contributed by atoms with E-state index < -0.39 is 0 Å². The van der Waals surface area contributed by atoms with Gasteiger partial charge in [0.25, 0.3) is 0 Å². The molecule has 0 spiro atoms. The third-order valence-electron chi connectivity index (χ3n) is 1.28. The maximum absolute atomic E-state index is 5.15. The van der Waals surface area contributed by atoms with Crippen LogP contribution in [-0.2, 0) is 4.74 Å². The smallest absolute Gasteiger partial charge is 0.0579 e. The first-order valence-corrected chi connectivity index (χ1v) is 2.73. The zero-order chi connectivity index (χ0) is 5.28. The maximum Gasteiger partial charge on any atom is 0.0579 e. The second-order valence-corrected chi connectivity index (χ2v) is 2.30. The summed E-state index contributed by atoms with van der Waals surface area (Å²) in [6, 6.07) is 0. The second kappa shape index (κ2) is 1.83. The van der Waals surface area contributed by atoms with Gasteiger partial charge in [-0.3, -0.25) is 0 Å². The maximum atomic E-state index is 5.15. The SMILES string of the molecule is [CH2]C1CC(C)CO1. The molecular formula is C6H11O. The Morgan fingerprint density at radius 1 is 1.71 bits per heavy atom. The van der Waals surface area contributed by atoms with Crippen LogP contribution in [0.15, 0.2) is 0 Å². The molecule has 0 aromatic carbocycles. The van der Waals surface area contributed by atoms with Gasteiger partial charge in [-0.05, 0) is 19.3 Å². The minimum absolute atomic E-state index is 0.273. The van der Waals surface area contributed by atoms with Gasteiger partial charge in [-0.15, -0.1) is 0 Å². The van der Waals surface area contributed by atoms with E-state index in [2.05, 4.69) is 13.8 Å². The Hall–Kier alpha value is -0.0400. The largest absolute Gasteiger partial charge is 0.378 e. The van der Waals surface area contributed by atoms with Gasteiger partial charge < -0.3 is 4.74 Å². The molecule has 2 atom stereocenters. The molecule has 41 valence electrons. The molecule has 1 heterocycles. The van der Waals surface area contributed by atoms with E-state index in [0.717, 1.165) is 18.9 Å². The van der Waals surface area contributed by atoms with Gasteiger partial charge >= 0.3 is 0 Å². The van der Waals surface area contributed by atoms with Crippen LogP contribution < -0.4 is 0 Å². The third-order valence-corrected chi connectivity index (χ3v) is 1.28. The fourth-order valence-electron chi connectivity index (χ4n) is 0.885. The molecule has 0 N–H and O–H groups in total. The summed E-state index contributed by atoms with van der Waals surface area (Å²) in [4.78, 5) is 0. The predicted octanol–water partition coefficient (Wildman–Crippen LogP) is 1.25. The molecule has 1 saturated heterocycles. The molecule has 1 nitrogen and oxygen atoms in total. The number of hydrogen-bond acceptors (Lipinski definition) is 1. The van der Waals surface area contributed by atoms with Crippen LogP contribution in [-0.4, -0.2) is 12.7 Å². The van der Waals surface area contributed by atoms with Crippen molar-refractivity contribution in [1.82, 2.24) is 0 Å². The van der Waals surface area contributed by atoms with E-state index >= 15 is 0 Å². The molecule has 0 aliphatic carbocycles. The Morgan fingerprint density at radius 2 is 2.43 bits per heavy atom. The molecule has 1 aliphatic rings. The van der Waals surface area contributed by atoms with Crippen molar-refractivity contribution in [2.75, 3.05) is 6.61 Å². The van der Waals surface area contributed by atoms with Crippen molar-refractivity contribution in [1.29, 1.82) is 0 Å². The van der Waals surface area contributed by atoms with Crippen LogP contribution >= 0.6 is 0 Å². The van der Waals surface area contributed by atoms with Gasteiger partial charge in [0.15, 0.2) is 0 Å². The fourth-order valence-corrected chi connectivity index (χ4v) is 0.885. The summed E-state index contributed by atoms with van der Waals surface area (Å²) in [5.74, 6) is 0.738. The lowest BCUT2D eigenvalue weighted by atomic mass is 10.1. The van der Waals surface area contributed by atoms with Crippen molar-refractivity contribution >= 4 is 0 Å². The van der Waals surface area contributed by atoms with Gasteiger partial charge in [0, 0.05) is 6.61 Å². The van der Waals surface area contributed by atoms with Crippen LogP contribution in [0.25, 0.3) is 0 Å². The Morgan fingerprint density at radius 3 is 2.57 bits per heavy atom. The highest BCUT2D eigenvalue weighted by Gasteiger charge is 2.16. The molecule has 1 radical (unpaired) electrons. The van der Waals surface area contributed by atoms with Gasteiger partial charge in [-0.25, -0.2) is 0 Å². The standard InChI is InChI=1S/C6H11O/c1-5-3-6(2)7-4-5/h5-6H,2-4H2,1H3. The third kappa shape index (κ3) is 1.16. The highest BCUT2D eigenvalue weighted by atomic mass is 16.5. The molecule has 1 heteroatoms. The number of rotatable bonds is 0. The lowest BCUT2D eigenvalue weighted by Gasteiger charge is -1.94. The molecule has 0 saturated carbocycles. The van der Waals surface area contributed by atoms with E-state index in [-0.39, 0.29) is 6.10 Å². The zero-order valence-electron chi connectivity index (χ0n) is 4.68. The number of ether oxygens (including phenoxy) is 1.